The van der Waals surface area contributed by atoms with Gasteiger partial charge in [-0.05, 0) is 43.4 Å². The summed E-state index contributed by atoms with van der Waals surface area (Å²) < 4.78 is 2.66. The molecule has 1 fully saturated rings. The Bertz CT molecular complexity index is 1000. The van der Waals surface area contributed by atoms with Crippen LogP contribution < -0.4 is 0 Å². The number of amides is 1. The Morgan fingerprint density at radius 3 is 3.04 bits per heavy atom. The van der Waals surface area contributed by atoms with Crippen molar-refractivity contribution in [3.05, 3.63) is 52.8 Å². The third-order valence-electron chi connectivity index (χ3n) is 5.05. The van der Waals surface area contributed by atoms with E-state index in [2.05, 4.69) is 22.1 Å². The van der Waals surface area contributed by atoms with Crippen molar-refractivity contribution in [2.75, 3.05) is 13.1 Å². The fraction of sp³-hybridized carbons (Fsp3) is 0.368. The van der Waals surface area contributed by atoms with Gasteiger partial charge in [-0.3, -0.25) is 14.9 Å². The number of fused-ring (bicyclic) bond motifs is 1. The Labute approximate surface area is 156 Å². The Morgan fingerprint density at radius 2 is 2.19 bits per heavy atom. The van der Waals surface area contributed by atoms with Crippen LogP contribution in [0.15, 0.2) is 36.5 Å². The zero-order valence-corrected chi connectivity index (χ0v) is 15.5. The van der Waals surface area contributed by atoms with Crippen LogP contribution in [0.5, 0.6) is 0 Å². The highest BCUT2D eigenvalue weighted by Crippen LogP contribution is 2.27. The molecule has 4 rings (SSSR count). The molecule has 0 spiro atoms. The third-order valence-corrected chi connectivity index (χ3v) is 5.37. The van der Waals surface area contributed by atoms with E-state index in [0.29, 0.717) is 17.0 Å². The van der Waals surface area contributed by atoms with E-state index in [4.69, 9.17) is 12.2 Å². The van der Waals surface area contributed by atoms with E-state index in [1.807, 2.05) is 39.8 Å². The van der Waals surface area contributed by atoms with Crippen molar-refractivity contribution in [3.8, 4) is 0 Å². The average molecular weight is 367 g/mol. The zero-order chi connectivity index (χ0) is 18.1. The molecule has 3 aromatic rings. The van der Waals surface area contributed by atoms with Gasteiger partial charge in [-0.2, -0.15) is 5.10 Å². The molecule has 0 radical (unpaired) electrons. The van der Waals surface area contributed by atoms with Crippen LogP contribution in [-0.4, -0.2) is 43.6 Å². The minimum atomic E-state index is -0.0105. The van der Waals surface area contributed by atoms with Crippen LogP contribution in [0.1, 0.15) is 42.0 Å². The second-order valence-electron chi connectivity index (χ2n) is 6.60. The number of carbonyl (C=O) groups is 1. The molecule has 1 aromatic carbocycles. The fourth-order valence-corrected chi connectivity index (χ4v) is 4.03. The Morgan fingerprint density at radius 1 is 1.35 bits per heavy atom. The molecule has 0 bridgehead atoms. The first-order valence-corrected chi connectivity index (χ1v) is 9.38. The molecule has 3 heterocycles. The van der Waals surface area contributed by atoms with Gasteiger partial charge in [0.05, 0.1) is 0 Å². The molecule has 26 heavy (non-hydrogen) atoms. The first kappa shape index (κ1) is 16.9. The van der Waals surface area contributed by atoms with E-state index in [1.165, 1.54) is 0 Å². The van der Waals surface area contributed by atoms with Crippen LogP contribution in [0.4, 0.5) is 0 Å². The maximum Gasteiger partial charge on any atom is 0.273 e. The van der Waals surface area contributed by atoms with Crippen molar-refractivity contribution in [2.24, 2.45) is 0 Å². The number of rotatable bonds is 3. The molecule has 1 unspecified atom stereocenters. The lowest BCUT2D eigenvalue weighted by Gasteiger charge is -2.32. The fourth-order valence-electron chi connectivity index (χ4n) is 3.76. The minimum absolute atomic E-state index is 0.0105. The van der Waals surface area contributed by atoms with E-state index >= 15 is 0 Å². The second-order valence-corrected chi connectivity index (χ2v) is 6.99. The number of aromatic nitrogens is 4. The molecular weight excluding hydrogens is 346 g/mol. The molecule has 1 atom stereocenters. The number of likely N-dealkylation sites (tertiary alicyclic amines) is 1. The molecule has 7 heteroatoms. The van der Waals surface area contributed by atoms with Gasteiger partial charge < -0.3 is 9.47 Å². The van der Waals surface area contributed by atoms with Crippen LogP contribution in [0, 0.1) is 4.77 Å². The summed E-state index contributed by atoms with van der Waals surface area (Å²) in [6, 6.07) is 9.81. The van der Waals surface area contributed by atoms with Gasteiger partial charge in [-0.15, -0.1) is 0 Å². The summed E-state index contributed by atoms with van der Waals surface area (Å²) in [4.78, 5) is 19.4. The molecule has 6 nitrogen and oxygen atoms in total. The number of nitrogens with zero attached hydrogens (tertiary/aromatic N) is 4. The number of piperidine rings is 1. The summed E-state index contributed by atoms with van der Waals surface area (Å²) in [6.45, 7) is 4.22. The molecule has 1 N–H and O–H groups in total. The average Bonchev–Trinajstić information content (AvgIpc) is 3.07. The summed E-state index contributed by atoms with van der Waals surface area (Å²) >= 11 is 5.31. The first-order valence-electron chi connectivity index (χ1n) is 8.97. The van der Waals surface area contributed by atoms with E-state index in [1.54, 1.807) is 6.20 Å². The Kier molecular flexibility index (Phi) is 4.55. The summed E-state index contributed by atoms with van der Waals surface area (Å²) in [5.74, 6) is 1.13. The number of hydrogen-bond donors (Lipinski definition) is 1. The van der Waals surface area contributed by atoms with Gasteiger partial charge in [-0.1, -0.05) is 24.3 Å². The van der Waals surface area contributed by atoms with Crippen LogP contribution in [0.2, 0.25) is 0 Å². The molecule has 0 aliphatic carbocycles. The highest BCUT2D eigenvalue weighted by Gasteiger charge is 2.29. The van der Waals surface area contributed by atoms with Crippen molar-refractivity contribution in [3.63, 3.8) is 0 Å². The van der Waals surface area contributed by atoms with E-state index in [0.717, 1.165) is 42.5 Å². The van der Waals surface area contributed by atoms with Crippen LogP contribution in [-0.2, 0) is 6.54 Å². The lowest BCUT2D eigenvalue weighted by molar-refractivity contribution is 0.0699. The maximum atomic E-state index is 13.2. The SMILES string of the molecule is CCn1c(C2CCCN(C(=O)c3nccc4ccccc34)C2)n[nH]c1=S. The van der Waals surface area contributed by atoms with Crippen molar-refractivity contribution in [1.29, 1.82) is 0 Å². The Hall–Kier alpha value is -2.54. The highest BCUT2D eigenvalue weighted by molar-refractivity contribution is 7.71. The number of aromatic amines is 1. The highest BCUT2D eigenvalue weighted by atomic mass is 32.1. The van der Waals surface area contributed by atoms with Gasteiger partial charge in [0.15, 0.2) is 4.77 Å². The second kappa shape index (κ2) is 6.99. The summed E-state index contributed by atoms with van der Waals surface area (Å²) in [6.07, 6.45) is 3.66. The topological polar surface area (TPSA) is 66.8 Å². The summed E-state index contributed by atoms with van der Waals surface area (Å²) in [7, 11) is 0. The number of nitrogens with one attached hydrogen (secondary N) is 1. The third kappa shape index (κ3) is 2.92. The number of hydrogen-bond acceptors (Lipinski definition) is 4. The number of benzene rings is 1. The van der Waals surface area contributed by atoms with Crippen molar-refractivity contribution in [2.45, 2.75) is 32.2 Å². The molecule has 1 amide bonds. The molecule has 2 aromatic heterocycles. The molecule has 1 aliphatic heterocycles. The van der Waals surface area contributed by atoms with Crippen molar-refractivity contribution in [1.82, 2.24) is 24.6 Å². The molecule has 0 saturated carbocycles. The van der Waals surface area contributed by atoms with Gasteiger partial charge in [0.2, 0.25) is 0 Å². The lowest BCUT2D eigenvalue weighted by atomic mass is 9.96. The van der Waals surface area contributed by atoms with Crippen molar-refractivity contribution >= 4 is 28.9 Å². The van der Waals surface area contributed by atoms with E-state index in [9.17, 15) is 4.79 Å². The smallest absolute Gasteiger partial charge is 0.273 e. The minimum Gasteiger partial charge on any atom is -0.337 e. The lowest BCUT2D eigenvalue weighted by Crippen LogP contribution is -2.40. The molecule has 1 saturated heterocycles. The van der Waals surface area contributed by atoms with Crippen LogP contribution >= 0.6 is 12.2 Å². The van der Waals surface area contributed by atoms with Gasteiger partial charge in [-0.25, -0.2) is 0 Å². The van der Waals surface area contributed by atoms with Gasteiger partial charge in [0.25, 0.3) is 5.91 Å². The summed E-state index contributed by atoms with van der Waals surface area (Å²) in [5.41, 5.74) is 0.526. The number of carbonyl (C=O) groups excluding carboxylic acids is 1. The first-order chi connectivity index (χ1) is 12.7. The van der Waals surface area contributed by atoms with Gasteiger partial charge >= 0.3 is 0 Å². The monoisotopic (exact) mass is 367 g/mol. The normalized spacial score (nSPS) is 17.6. The molecule has 1 aliphatic rings. The largest absolute Gasteiger partial charge is 0.337 e. The molecular formula is C19H21N5OS. The zero-order valence-electron chi connectivity index (χ0n) is 14.7. The van der Waals surface area contributed by atoms with Crippen LogP contribution in [0.25, 0.3) is 10.8 Å². The van der Waals surface area contributed by atoms with E-state index in [-0.39, 0.29) is 11.8 Å². The Balaban J connectivity index is 1.63. The predicted molar refractivity (Wildman–Crippen MR) is 103 cm³/mol. The van der Waals surface area contributed by atoms with Crippen LogP contribution in [0.3, 0.4) is 0 Å². The van der Waals surface area contributed by atoms with E-state index < -0.39 is 0 Å². The number of H-pyrrole nitrogens is 1. The quantitative estimate of drug-likeness (QED) is 0.719. The maximum absolute atomic E-state index is 13.2. The number of pyridine rings is 1. The standard InChI is InChI=1S/C19H21N5OS/c1-2-24-17(21-22-19(24)26)14-7-5-11-23(12-14)18(25)16-15-8-4-3-6-13(15)9-10-20-16/h3-4,6,8-10,14H,2,5,7,11-12H2,1H3,(H,22,26). The van der Waals surface area contributed by atoms with Gasteiger partial charge in [0.1, 0.15) is 11.5 Å². The van der Waals surface area contributed by atoms with Crippen molar-refractivity contribution < 1.29 is 4.79 Å². The summed E-state index contributed by atoms with van der Waals surface area (Å²) in [5, 5.41) is 9.24. The molecule has 134 valence electrons. The predicted octanol–water partition coefficient (Wildman–Crippen LogP) is 3.53. The van der Waals surface area contributed by atoms with Gasteiger partial charge in [0, 0.05) is 37.1 Å².